The number of hydrogen-bond acceptors (Lipinski definition) is 4. The first-order valence-corrected chi connectivity index (χ1v) is 9.91. The van der Waals surface area contributed by atoms with Gasteiger partial charge < -0.3 is 26.0 Å². The molecule has 9 heteroatoms. The number of halogens is 2. The van der Waals surface area contributed by atoms with Crippen LogP contribution in [0.4, 0.5) is 14.9 Å². The highest BCUT2D eigenvalue weighted by molar-refractivity contribution is 6.34. The lowest BCUT2D eigenvalue weighted by atomic mass is 10.1. The van der Waals surface area contributed by atoms with Crippen LogP contribution >= 0.6 is 11.6 Å². The van der Waals surface area contributed by atoms with Crippen LogP contribution in [0, 0.1) is 5.82 Å². The van der Waals surface area contributed by atoms with Crippen molar-refractivity contribution in [1.82, 2.24) is 15.5 Å². The second-order valence-corrected chi connectivity index (χ2v) is 7.15. The number of nitrogens with zero attached hydrogens (tertiary/aromatic N) is 1. The van der Waals surface area contributed by atoms with Gasteiger partial charge in [-0.3, -0.25) is 4.79 Å². The molecular weight excluding hydrogens is 411 g/mol. The van der Waals surface area contributed by atoms with E-state index >= 15 is 0 Å². The third kappa shape index (κ3) is 6.98. The summed E-state index contributed by atoms with van der Waals surface area (Å²) in [5.41, 5.74) is 1.56. The standard InChI is InChI=1S/C21H26ClFN4O3/c1-3-27(2)9-8-24-20(29)17-6-5-16(11-18(17)22)26-21(30)25-12-14-4-7-19(23)15(10-14)13-28/h4-7,10-11,28H,3,8-9,12-13H2,1-2H3,(H,24,29)(H2,25,26,30). The molecule has 0 aliphatic heterocycles. The third-order valence-corrected chi connectivity index (χ3v) is 4.84. The number of hydrogen-bond donors (Lipinski definition) is 4. The molecule has 0 aromatic heterocycles. The first-order chi connectivity index (χ1) is 14.3. The van der Waals surface area contributed by atoms with Crippen molar-refractivity contribution in [1.29, 1.82) is 0 Å². The summed E-state index contributed by atoms with van der Waals surface area (Å²) in [6, 6.07) is 8.39. The van der Waals surface area contributed by atoms with E-state index in [-0.39, 0.29) is 23.0 Å². The molecule has 2 rings (SSSR count). The number of amides is 3. The molecule has 0 fully saturated rings. The van der Waals surface area contributed by atoms with Gasteiger partial charge in [0, 0.05) is 30.9 Å². The fraction of sp³-hybridized carbons (Fsp3) is 0.333. The van der Waals surface area contributed by atoms with Crippen LogP contribution in [0.2, 0.25) is 5.02 Å². The van der Waals surface area contributed by atoms with Crippen molar-refractivity contribution in [3.05, 3.63) is 63.9 Å². The van der Waals surface area contributed by atoms with Crippen molar-refractivity contribution in [3.63, 3.8) is 0 Å². The van der Waals surface area contributed by atoms with Gasteiger partial charge in [-0.25, -0.2) is 9.18 Å². The molecule has 4 N–H and O–H groups in total. The number of aliphatic hydroxyl groups excluding tert-OH is 1. The van der Waals surface area contributed by atoms with Crippen LogP contribution in [0.5, 0.6) is 0 Å². The number of anilines is 1. The monoisotopic (exact) mass is 436 g/mol. The molecule has 0 bridgehead atoms. The lowest BCUT2D eigenvalue weighted by Crippen LogP contribution is -2.33. The Kier molecular flexibility index (Phi) is 9.04. The fourth-order valence-electron chi connectivity index (χ4n) is 2.61. The van der Waals surface area contributed by atoms with Gasteiger partial charge in [0.15, 0.2) is 0 Å². The quantitative estimate of drug-likeness (QED) is 0.486. The second kappa shape index (κ2) is 11.5. The lowest BCUT2D eigenvalue weighted by molar-refractivity contribution is 0.0950. The average Bonchev–Trinajstić information content (AvgIpc) is 2.72. The average molecular weight is 437 g/mol. The fourth-order valence-corrected chi connectivity index (χ4v) is 2.87. The number of benzene rings is 2. The Morgan fingerprint density at radius 3 is 2.60 bits per heavy atom. The maximum Gasteiger partial charge on any atom is 0.319 e. The zero-order chi connectivity index (χ0) is 22.1. The molecule has 162 valence electrons. The summed E-state index contributed by atoms with van der Waals surface area (Å²) >= 11 is 6.20. The minimum atomic E-state index is -0.498. The summed E-state index contributed by atoms with van der Waals surface area (Å²) in [6.07, 6.45) is 0. The van der Waals surface area contributed by atoms with E-state index in [1.165, 1.54) is 24.3 Å². The van der Waals surface area contributed by atoms with E-state index in [1.807, 2.05) is 14.0 Å². The highest BCUT2D eigenvalue weighted by Gasteiger charge is 2.12. The number of aliphatic hydroxyl groups is 1. The summed E-state index contributed by atoms with van der Waals surface area (Å²) in [7, 11) is 1.96. The molecule has 30 heavy (non-hydrogen) atoms. The maximum atomic E-state index is 13.4. The van der Waals surface area contributed by atoms with Gasteiger partial charge in [-0.1, -0.05) is 24.6 Å². The summed E-state index contributed by atoms with van der Waals surface area (Å²) < 4.78 is 13.4. The molecule has 0 unspecified atom stereocenters. The van der Waals surface area contributed by atoms with Gasteiger partial charge in [0.25, 0.3) is 5.91 Å². The Balaban J connectivity index is 1.88. The van der Waals surface area contributed by atoms with Gasteiger partial charge in [0.05, 0.1) is 17.2 Å². The van der Waals surface area contributed by atoms with Crippen molar-refractivity contribution in [2.24, 2.45) is 0 Å². The predicted octanol–water partition coefficient (Wildman–Crippen LogP) is 2.97. The Hall–Kier alpha value is -2.68. The summed E-state index contributed by atoms with van der Waals surface area (Å²) in [4.78, 5) is 26.4. The van der Waals surface area contributed by atoms with E-state index in [4.69, 9.17) is 16.7 Å². The molecule has 0 atom stereocenters. The minimum absolute atomic E-state index is 0.152. The summed E-state index contributed by atoms with van der Waals surface area (Å²) in [5, 5.41) is 17.4. The molecule has 3 amide bonds. The number of carbonyl (C=O) groups is 2. The van der Waals surface area contributed by atoms with Gasteiger partial charge in [0.1, 0.15) is 5.82 Å². The topological polar surface area (TPSA) is 93.7 Å². The van der Waals surface area contributed by atoms with E-state index < -0.39 is 18.5 Å². The Morgan fingerprint density at radius 1 is 1.17 bits per heavy atom. The van der Waals surface area contributed by atoms with E-state index in [1.54, 1.807) is 12.1 Å². The van der Waals surface area contributed by atoms with Crippen molar-refractivity contribution < 1.29 is 19.1 Å². The van der Waals surface area contributed by atoms with Crippen molar-refractivity contribution in [3.8, 4) is 0 Å². The van der Waals surface area contributed by atoms with Crippen LogP contribution in [-0.4, -0.2) is 48.6 Å². The molecule has 0 radical (unpaired) electrons. The summed E-state index contributed by atoms with van der Waals surface area (Å²) in [5.74, 6) is -0.779. The largest absolute Gasteiger partial charge is 0.392 e. The Labute approximate surface area is 180 Å². The zero-order valence-electron chi connectivity index (χ0n) is 17.0. The molecule has 0 aliphatic rings. The van der Waals surface area contributed by atoms with E-state index in [9.17, 15) is 14.0 Å². The van der Waals surface area contributed by atoms with E-state index in [2.05, 4.69) is 20.9 Å². The molecule has 0 aliphatic carbocycles. The van der Waals surface area contributed by atoms with Crippen LogP contribution < -0.4 is 16.0 Å². The third-order valence-electron chi connectivity index (χ3n) is 4.52. The van der Waals surface area contributed by atoms with Crippen molar-refractivity contribution >= 4 is 29.2 Å². The van der Waals surface area contributed by atoms with Gasteiger partial charge in [-0.05, 0) is 49.5 Å². The first kappa shape index (κ1) is 23.6. The molecule has 2 aromatic rings. The van der Waals surface area contributed by atoms with Crippen LogP contribution in [0.1, 0.15) is 28.4 Å². The van der Waals surface area contributed by atoms with Gasteiger partial charge in [-0.15, -0.1) is 0 Å². The minimum Gasteiger partial charge on any atom is -0.392 e. The smallest absolute Gasteiger partial charge is 0.319 e. The number of rotatable bonds is 9. The Bertz CT molecular complexity index is 895. The molecular formula is C21H26ClFN4O3. The first-order valence-electron chi connectivity index (χ1n) is 9.53. The SMILES string of the molecule is CCN(C)CCNC(=O)c1ccc(NC(=O)NCc2ccc(F)c(CO)c2)cc1Cl. The number of urea groups is 1. The number of carbonyl (C=O) groups excluding carboxylic acids is 2. The van der Waals surface area contributed by atoms with Crippen molar-refractivity contribution in [2.45, 2.75) is 20.1 Å². The molecule has 7 nitrogen and oxygen atoms in total. The van der Waals surface area contributed by atoms with Gasteiger partial charge >= 0.3 is 6.03 Å². The molecule has 0 saturated carbocycles. The highest BCUT2D eigenvalue weighted by Crippen LogP contribution is 2.21. The maximum absolute atomic E-state index is 13.4. The molecule has 0 saturated heterocycles. The van der Waals surface area contributed by atoms with E-state index in [0.29, 0.717) is 23.4 Å². The molecule has 0 spiro atoms. The predicted molar refractivity (Wildman–Crippen MR) is 115 cm³/mol. The van der Waals surface area contributed by atoms with Crippen LogP contribution in [0.3, 0.4) is 0 Å². The summed E-state index contributed by atoms with van der Waals surface area (Å²) in [6.45, 7) is 3.89. The lowest BCUT2D eigenvalue weighted by Gasteiger charge is -2.14. The molecule has 2 aromatic carbocycles. The van der Waals surface area contributed by atoms with Crippen LogP contribution in [0.25, 0.3) is 0 Å². The number of likely N-dealkylation sites (N-methyl/N-ethyl adjacent to an activating group) is 1. The number of nitrogens with one attached hydrogen (secondary N) is 3. The van der Waals surface area contributed by atoms with Crippen LogP contribution in [0.15, 0.2) is 36.4 Å². The normalized spacial score (nSPS) is 10.7. The van der Waals surface area contributed by atoms with Gasteiger partial charge in [0.2, 0.25) is 0 Å². The molecule has 0 heterocycles. The second-order valence-electron chi connectivity index (χ2n) is 6.74. The Morgan fingerprint density at radius 2 is 1.93 bits per heavy atom. The van der Waals surface area contributed by atoms with Gasteiger partial charge in [-0.2, -0.15) is 0 Å². The van der Waals surface area contributed by atoms with E-state index in [0.717, 1.165) is 13.1 Å². The van der Waals surface area contributed by atoms with Crippen LogP contribution in [-0.2, 0) is 13.2 Å². The highest BCUT2D eigenvalue weighted by atomic mass is 35.5. The zero-order valence-corrected chi connectivity index (χ0v) is 17.7. The van der Waals surface area contributed by atoms with Crippen molar-refractivity contribution in [2.75, 3.05) is 32.0 Å².